The molecule has 0 saturated carbocycles. The van der Waals surface area contributed by atoms with E-state index in [1.54, 1.807) is 0 Å². The van der Waals surface area contributed by atoms with Crippen LogP contribution in [0.3, 0.4) is 0 Å². The van der Waals surface area contributed by atoms with E-state index in [-0.39, 0.29) is 12.6 Å². The molecule has 1 aliphatic heterocycles. The summed E-state index contributed by atoms with van der Waals surface area (Å²) in [5, 5.41) is 16.2. The number of aryl methyl sites for hydroxylation is 1. The molecule has 3 rings (SSSR count). The monoisotopic (exact) mass is 289 g/mol. The number of carbonyl (C=O) groups is 1. The average molecular weight is 289 g/mol. The Kier molecular flexibility index (Phi) is 3.57. The molecule has 21 heavy (non-hydrogen) atoms. The normalized spacial score (nSPS) is 21.6. The zero-order valence-electron chi connectivity index (χ0n) is 11.9. The van der Waals surface area contributed by atoms with Gasteiger partial charge in [0.05, 0.1) is 18.8 Å². The summed E-state index contributed by atoms with van der Waals surface area (Å²) in [5.41, 5.74) is 1.10. The summed E-state index contributed by atoms with van der Waals surface area (Å²) in [4.78, 5) is 12.1. The fourth-order valence-electron chi connectivity index (χ4n) is 2.61. The lowest BCUT2D eigenvalue weighted by Crippen LogP contribution is -2.53. The van der Waals surface area contributed by atoms with Gasteiger partial charge in [0.2, 0.25) is 0 Å². The van der Waals surface area contributed by atoms with Crippen molar-refractivity contribution in [1.29, 1.82) is 0 Å². The lowest BCUT2D eigenvalue weighted by Gasteiger charge is -2.26. The third kappa shape index (κ3) is 2.72. The first-order chi connectivity index (χ1) is 10.1. The van der Waals surface area contributed by atoms with Crippen LogP contribution in [0.1, 0.15) is 6.42 Å². The van der Waals surface area contributed by atoms with Crippen molar-refractivity contribution in [2.45, 2.75) is 12.0 Å². The van der Waals surface area contributed by atoms with Crippen LogP contribution in [-0.4, -0.2) is 41.1 Å². The van der Waals surface area contributed by atoms with Crippen LogP contribution >= 0.6 is 0 Å². The Labute approximate surface area is 122 Å². The Bertz CT molecular complexity index is 659. The number of hydrogen-bond donors (Lipinski definition) is 3. The second kappa shape index (κ2) is 5.38. The first-order valence-corrected chi connectivity index (χ1v) is 6.95. The van der Waals surface area contributed by atoms with Gasteiger partial charge in [-0.05, 0) is 30.0 Å². The Morgan fingerprint density at radius 1 is 1.48 bits per heavy atom. The van der Waals surface area contributed by atoms with Crippen molar-refractivity contribution < 1.29 is 14.6 Å². The van der Waals surface area contributed by atoms with Crippen LogP contribution in [0.15, 0.2) is 30.5 Å². The van der Waals surface area contributed by atoms with E-state index in [1.807, 2.05) is 42.1 Å². The molecule has 2 aromatic rings. The van der Waals surface area contributed by atoms with E-state index in [0.717, 1.165) is 10.9 Å². The topological polar surface area (TPSA) is 75.5 Å². The van der Waals surface area contributed by atoms with Crippen LogP contribution < -0.4 is 10.6 Å². The maximum Gasteiger partial charge on any atom is 0.319 e. The van der Waals surface area contributed by atoms with Gasteiger partial charge in [-0.2, -0.15) is 0 Å². The van der Waals surface area contributed by atoms with E-state index >= 15 is 0 Å². The number of hydrogen-bond acceptors (Lipinski definition) is 3. The summed E-state index contributed by atoms with van der Waals surface area (Å²) in [6, 6.07) is 7.44. The van der Waals surface area contributed by atoms with Gasteiger partial charge in [-0.15, -0.1) is 0 Å². The number of nitrogens with zero attached hydrogens (tertiary/aromatic N) is 1. The minimum Gasteiger partial charge on any atom is -0.394 e. The zero-order valence-corrected chi connectivity index (χ0v) is 11.9. The minimum absolute atomic E-state index is 0.128. The standard InChI is InChI=1S/C15H19N3O3/c1-18-6-4-11-2-3-12(8-13(11)18)16-14(20)17-15(9-19)5-7-21-10-15/h2-4,6,8,19H,5,7,9-10H2,1H3,(H2,16,17,20). The number of fused-ring (bicyclic) bond motifs is 1. The molecule has 6 nitrogen and oxygen atoms in total. The number of aliphatic hydroxyl groups excluding tert-OH is 1. The average Bonchev–Trinajstić information content (AvgIpc) is 3.07. The van der Waals surface area contributed by atoms with Gasteiger partial charge in [0, 0.05) is 31.1 Å². The van der Waals surface area contributed by atoms with Crippen LogP contribution in [0.4, 0.5) is 10.5 Å². The molecule has 1 aliphatic rings. The largest absolute Gasteiger partial charge is 0.394 e. The zero-order chi connectivity index (χ0) is 14.9. The van der Waals surface area contributed by atoms with Gasteiger partial charge >= 0.3 is 6.03 Å². The summed E-state index contributed by atoms with van der Waals surface area (Å²) in [6.07, 6.45) is 2.60. The van der Waals surface area contributed by atoms with Gasteiger partial charge in [0.1, 0.15) is 0 Å². The van der Waals surface area contributed by atoms with Gasteiger partial charge in [-0.25, -0.2) is 4.79 Å². The quantitative estimate of drug-likeness (QED) is 0.800. The number of amides is 2. The van der Waals surface area contributed by atoms with Crippen molar-refractivity contribution in [2.75, 3.05) is 25.1 Å². The molecule has 112 valence electrons. The number of aromatic nitrogens is 1. The van der Waals surface area contributed by atoms with E-state index in [0.29, 0.717) is 25.3 Å². The van der Waals surface area contributed by atoms with Crippen molar-refractivity contribution in [3.63, 3.8) is 0 Å². The molecule has 1 fully saturated rings. The predicted molar refractivity (Wildman–Crippen MR) is 80.3 cm³/mol. The van der Waals surface area contributed by atoms with E-state index in [1.165, 1.54) is 0 Å². The minimum atomic E-state index is -0.668. The van der Waals surface area contributed by atoms with E-state index < -0.39 is 5.54 Å². The Balaban J connectivity index is 1.72. The highest BCUT2D eigenvalue weighted by molar-refractivity contribution is 5.93. The smallest absolute Gasteiger partial charge is 0.319 e. The summed E-state index contributed by atoms with van der Waals surface area (Å²) >= 11 is 0. The Morgan fingerprint density at radius 3 is 3.05 bits per heavy atom. The van der Waals surface area contributed by atoms with Gasteiger partial charge in [-0.3, -0.25) is 0 Å². The van der Waals surface area contributed by atoms with Crippen molar-refractivity contribution >= 4 is 22.6 Å². The highest BCUT2D eigenvalue weighted by Crippen LogP contribution is 2.21. The van der Waals surface area contributed by atoms with Crippen LogP contribution in [-0.2, 0) is 11.8 Å². The lowest BCUT2D eigenvalue weighted by atomic mass is 10.0. The fraction of sp³-hybridized carbons (Fsp3) is 0.400. The molecule has 3 N–H and O–H groups in total. The number of anilines is 1. The van der Waals surface area contributed by atoms with E-state index in [4.69, 9.17) is 4.74 Å². The van der Waals surface area contributed by atoms with Crippen LogP contribution in [0.2, 0.25) is 0 Å². The first kappa shape index (κ1) is 13.9. The molecular weight excluding hydrogens is 270 g/mol. The van der Waals surface area contributed by atoms with E-state index in [9.17, 15) is 9.90 Å². The van der Waals surface area contributed by atoms with Gasteiger partial charge in [0.25, 0.3) is 0 Å². The molecule has 0 aliphatic carbocycles. The van der Waals surface area contributed by atoms with Crippen molar-refractivity contribution in [1.82, 2.24) is 9.88 Å². The third-order valence-electron chi connectivity index (χ3n) is 3.93. The van der Waals surface area contributed by atoms with Crippen LogP contribution in [0, 0.1) is 0 Å². The molecule has 1 aromatic heterocycles. The summed E-state index contributed by atoms with van der Waals surface area (Å²) in [7, 11) is 1.96. The van der Waals surface area contributed by atoms with Crippen molar-refractivity contribution in [3.8, 4) is 0 Å². The molecule has 1 aromatic carbocycles. The number of rotatable bonds is 3. The summed E-state index contributed by atoms with van der Waals surface area (Å²) in [5.74, 6) is 0. The van der Waals surface area contributed by atoms with Crippen molar-refractivity contribution in [3.05, 3.63) is 30.5 Å². The number of carbonyl (C=O) groups excluding carboxylic acids is 1. The number of benzene rings is 1. The second-order valence-electron chi connectivity index (χ2n) is 5.52. The van der Waals surface area contributed by atoms with Crippen molar-refractivity contribution in [2.24, 2.45) is 7.05 Å². The molecule has 2 heterocycles. The SMILES string of the molecule is Cn1ccc2ccc(NC(=O)NC3(CO)CCOC3)cc21. The number of urea groups is 1. The summed E-state index contributed by atoms with van der Waals surface area (Å²) < 4.78 is 7.26. The molecule has 1 unspecified atom stereocenters. The maximum absolute atomic E-state index is 12.1. The predicted octanol–water partition coefficient (Wildman–Crippen LogP) is 1.45. The summed E-state index contributed by atoms with van der Waals surface area (Å²) in [6.45, 7) is 0.765. The Hall–Kier alpha value is -2.05. The van der Waals surface area contributed by atoms with Gasteiger partial charge in [0.15, 0.2) is 0 Å². The molecule has 1 atom stereocenters. The van der Waals surface area contributed by atoms with Crippen LogP contribution in [0.25, 0.3) is 10.9 Å². The molecule has 2 amide bonds. The highest BCUT2D eigenvalue weighted by atomic mass is 16.5. The molecule has 0 radical (unpaired) electrons. The van der Waals surface area contributed by atoms with Crippen LogP contribution in [0.5, 0.6) is 0 Å². The van der Waals surface area contributed by atoms with E-state index in [2.05, 4.69) is 10.6 Å². The molecular formula is C15H19N3O3. The molecule has 0 spiro atoms. The number of nitrogens with one attached hydrogen (secondary N) is 2. The molecule has 0 bridgehead atoms. The number of ether oxygens (including phenoxy) is 1. The second-order valence-corrected chi connectivity index (χ2v) is 5.52. The first-order valence-electron chi connectivity index (χ1n) is 6.95. The number of aliphatic hydroxyl groups is 1. The van der Waals surface area contributed by atoms with Gasteiger partial charge < -0.3 is 25.0 Å². The van der Waals surface area contributed by atoms with Gasteiger partial charge in [-0.1, -0.05) is 6.07 Å². The fourth-order valence-corrected chi connectivity index (χ4v) is 2.61. The highest BCUT2D eigenvalue weighted by Gasteiger charge is 2.35. The maximum atomic E-state index is 12.1. The lowest BCUT2D eigenvalue weighted by molar-refractivity contribution is 0.126. The Morgan fingerprint density at radius 2 is 2.33 bits per heavy atom. The molecule has 6 heteroatoms. The molecule has 1 saturated heterocycles. The third-order valence-corrected chi connectivity index (χ3v) is 3.93.